The first-order valence-corrected chi connectivity index (χ1v) is 10.3. The number of ketones is 1. The van der Waals surface area contributed by atoms with E-state index in [1.54, 1.807) is 29.9 Å². The number of carbonyl (C=O) groups excluding carboxylic acids is 1. The van der Waals surface area contributed by atoms with Crippen LogP contribution in [0.15, 0.2) is 36.8 Å². The van der Waals surface area contributed by atoms with Crippen LogP contribution < -0.4 is 5.73 Å². The van der Waals surface area contributed by atoms with Crippen LogP contribution in [0.4, 0.5) is 0 Å². The number of Topliss-reactive ketones (excluding diaryl/α,β-unsaturated/α-hetero) is 1. The molecule has 1 aliphatic rings. The molecule has 7 heteroatoms. The van der Waals surface area contributed by atoms with Crippen molar-refractivity contribution in [3.05, 3.63) is 57.1 Å². The highest BCUT2D eigenvalue weighted by atomic mass is 35.5. The molecule has 0 saturated heterocycles. The van der Waals surface area contributed by atoms with Crippen LogP contribution in [0.5, 0.6) is 0 Å². The summed E-state index contributed by atoms with van der Waals surface area (Å²) in [7, 11) is 0. The summed E-state index contributed by atoms with van der Waals surface area (Å²) in [5.74, 6) is 0.274. The minimum atomic E-state index is 0.121. The van der Waals surface area contributed by atoms with Gasteiger partial charge in [0.05, 0.1) is 21.8 Å². The van der Waals surface area contributed by atoms with Gasteiger partial charge < -0.3 is 5.73 Å². The van der Waals surface area contributed by atoms with Gasteiger partial charge in [0.15, 0.2) is 5.78 Å². The van der Waals surface area contributed by atoms with E-state index in [1.165, 1.54) is 4.88 Å². The van der Waals surface area contributed by atoms with Gasteiger partial charge in [-0.3, -0.25) is 14.5 Å². The zero-order valence-corrected chi connectivity index (χ0v) is 16.5. The minimum absolute atomic E-state index is 0.121. The zero-order valence-electron chi connectivity index (χ0n) is 14.9. The smallest absolute Gasteiger partial charge is 0.173 e. The second kappa shape index (κ2) is 7.92. The summed E-state index contributed by atoms with van der Waals surface area (Å²) in [4.78, 5) is 19.0. The van der Waals surface area contributed by atoms with E-state index in [4.69, 9.17) is 17.3 Å². The van der Waals surface area contributed by atoms with Gasteiger partial charge in [-0.1, -0.05) is 11.6 Å². The number of thiophene rings is 1. The van der Waals surface area contributed by atoms with Crippen LogP contribution in [0.2, 0.25) is 5.02 Å². The lowest BCUT2D eigenvalue weighted by molar-refractivity contribution is 0.0966. The quantitative estimate of drug-likeness (QED) is 0.634. The molecule has 27 heavy (non-hydrogen) atoms. The van der Waals surface area contributed by atoms with Crippen molar-refractivity contribution in [1.29, 1.82) is 0 Å². The molecule has 140 valence electrons. The SMILES string of the molecule is NCC(CC(=O)c1cc2c(s1)CCCn1ncc(Cl)c1-2)Cc1ccncc1. The summed E-state index contributed by atoms with van der Waals surface area (Å²) in [6.07, 6.45) is 8.41. The molecule has 1 aliphatic heterocycles. The lowest BCUT2D eigenvalue weighted by Crippen LogP contribution is -2.20. The van der Waals surface area contributed by atoms with Crippen LogP contribution >= 0.6 is 22.9 Å². The Labute approximate surface area is 167 Å². The predicted octanol–water partition coefficient (Wildman–Crippen LogP) is 4.00. The van der Waals surface area contributed by atoms with Crippen molar-refractivity contribution in [2.45, 2.75) is 32.2 Å². The predicted molar refractivity (Wildman–Crippen MR) is 108 cm³/mol. The normalized spacial score (nSPS) is 14.3. The van der Waals surface area contributed by atoms with Crippen molar-refractivity contribution in [3.8, 4) is 11.3 Å². The maximum atomic E-state index is 12.9. The standard InChI is InChI=1S/C20H21ClN4OS/c21-16-12-24-25-7-1-2-18-15(20(16)25)10-19(27-18)17(26)9-14(11-22)8-13-3-5-23-6-4-13/h3-6,10,12,14H,1-2,7-9,11,22H2. The summed E-state index contributed by atoms with van der Waals surface area (Å²) in [6, 6.07) is 5.94. The van der Waals surface area contributed by atoms with Gasteiger partial charge in [0, 0.05) is 35.8 Å². The lowest BCUT2D eigenvalue weighted by atomic mass is 9.94. The van der Waals surface area contributed by atoms with Gasteiger partial charge in [0.1, 0.15) is 0 Å². The maximum Gasteiger partial charge on any atom is 0.173 e. The molecule has 4 rings (SSSR count). The van der Waals surface area contributed by atoms with E-state index < -0.39 is 0 Å². The fourth-order valence-electron chi connectivity index (χ4n) is 3.60. The highest BCUT2D eigenvalue weighted by Crippen LogP contribution is 2.39. The van der Waals surface area contributed by atoms with Crippen LogP contribution in [0.1, 0.15) is 33.0 Å². The first kappa shape index (κ1) is 18.3. The number of fused-ring (bicyclic) bond motifs is 3. The van der Waals surface area contributed by atoms with Crippen molar-refractivity contribution in [2.75, 3.05) is 6.54 Å². The van der Waals surface area contributed by atoms with Gasteiger partial charge in [-0.2, -0.15) is 5.10 Å². The molecule has 3 aromatic rings. The Morgan fingerprint density at radius 1 is 1.37 bits per heavy atom. The van der Waals surface area contributed by atoms with Gasteiger partial charge in [-0.15, -0.1) is 11.3 Å². The summed E-state index contributed by atoms with van der Waals surface area (Å²) < 4.78 is 1.95. The average Bonchev–Trinajstić information content (AvgIpc) is 3.21. The Balaban J connectivity index is 1.55. The Morgan fingerprint density at radius 3 is 2.96 bits per heavy atom. The number of halogens is 1. The molecule has 0 aromatic carbocycles. The maximum absolute atomic E-state index is 12.9. The van der Waals surface area contributed by atoms with Crippen LogP contribution in [-0.4, -0.2) is 27.1 Å². The van der Waals surface area contributed by atoms with E-state index in [9.17, 15) is 4.79 Å². The highest BCUT2D eigenvalue weighted by molar-refractivity contribution is 7.14. The molecule has 0 aliphatic carbocycles. The van der Waals surface area contributed by atoms with E-state index in [2.05, 4.69) is 10.1 Å². The van der Waals surface area contributed by atoms with E-state index in [0.29, 0.717) is 18.0 Å². The fourth-order valence-corrected chi connectivity index (χ4v) is 4.99. The third-order valence-electron chi connectivity index (χ3n) is 4.99. The summed E-state index contributed by atoms with van der Waals surface area (Å²) >= 11 is 7.95. The van der Waals surface area contributed by atoms with Crippen molar-refractivity contribution in [1.82, 2.24) is 14.8 Å². The first-order valence-electron chi connectivity index (χ1n) is 9.12. The van der Waals surface area contributed by atoms with E-state index in [0.717, 1.165) is 47.5 Å². The Kier molecular flexibility index (Phi) is 5.38. The third kappa shape index (κ3) is 3.83. The molecule has 0 amide bonds. The molecular formula is C20H21ClN4OS. The van der Waals surface area contributed by atoms with Crippen LogP contribution in [0, 0.1) is 5.92 Å². The van der Waals surface area contributed by atoms with Crippen molar-refractivity contribution in [3.63, 3.8) is 0 Å². The average molecular weight is 401 g/mol. The van der Waals surface area contributed by atoms with E-state index in [1.807, 2.05) is 22.9 Å². The monoisotopic (exact) mass is 400 g/mol. The molecular weight excluding hydrogens is 380 g/mol. The Morgan fingerprint density at radius 2 is 2.19 bits per heavy atom. The number of rotatable bonds is 6. The second-order valence-corrected chi connectivity index (χ2v) is 8.45. The van der Waals surface area contributed by atoms with Gasteiger partial charge in [0.2, 0.25) is 0 Å². The van der Waals surface area contributed by atoms with Crippen molar-refractivity contribution < 1.29 is 4.79 Å². The molecule has 0 spiro atoms. The summed E-state index contributed by atoms with van der Waals surface area (Å²) in [5, 5.41) is 5.01. The molecule has 5 nitrogen and oxygen atoms in total. The molecule has 3 aromatic heterocycles. The first-order chi connectivity index (χ1) is 13.2. The van der Waals surface area contributed by atoms with Crippen molar-refractivity contribution in [2.24, 2.45) is 11.7 Å². The van der Waals surface area contributed by atoms with Gasteiger partial charge in [-0.25, -0.2) is 0 Å². The van der Waals surface area contributed by atoms with Gasteiger partial charge >= 0.3 is 0 Å². The van der Waals surface area contributed by atoms with Crippen LogP contribution in [-0.2, 0) is 19.4 Å². The zero-order chi connectivity index (χ0) is 18.8. The number of hydrogen-bond acceptors (Lipinski definition) is 5. The number of pyridine rings is 1. The van der Waals surface area contributed by atoms with Gasteiger partial charge in [0.25, 0.3) is 0 Å². The largest absolute Gasteiger partial charge is 0.330 e. The Bertz CT molecular complexity index is 950. The molecule has 1 unspecified atom stereocenters. The fraction of sp³-hybridized carbons (Fsp3) is 0.350. The Hall–Kier alpha value is -2.02. The van der Waals surface area contributed by atoms with E-state index in [-0.39, 0.29) is 11.7 Å². The van der Waals surface area contributed by atoms with Gasteiger partial charge in [-0.05, 0) is 55.5 Å². The summed E-state index contributed by atoms with van der Waals surface area (Å²) in [5.41, 5.74) is 9.09. The second-order valence-electron chi connectivity index (χ2n) is 6.90. The number of carbonyl (C=O) groups is 1. The number of aromatic nitrogens is 3. The molecule has 0 saturated carbocycles. The minimum Gasteiger partial charge on any atom is -0.330 e. The highest BCUT2D eigenvalue weighted by Gasteiger charge is 2.24. The van der Waals surface area contributed by atoms with Crippen LogP contribution in [0.25, 0.3) is 11.3 Å². The lowest BCUT2D eigenvalue weighted by Gasteiger charge is -2.13. The third-order valence-corrected chi connectivity index (χ3v) is 6.50. The van der Waals surface area contributed by atoms with Crippen molar-refractivity contribution >= 4 is 28.7 Å². The number of hydrogen-bond donors (Lipinski definition) is 1. The molecule has 4 heterocycles. The molecule has 2 N–H and O–H groups in total. The van der Waals surface area contributed by atoms with E-state index >= 15 is 0 Å². The number of nitrogens with zero attached hydrogens (tertiary/aromatic N) is 3. The van der Waals surface area contributed by atoms with Crippen LogP contribution in [0.3, 0.4) is 0 Å². The number of nitrogens with two attached hydrogens (primary N) is 1. The molecule has 1 atom stereocenters. The number of aryl methyl sites for hydroxylation is 2. The summed E-state index contributed by atoms with van der Waals surface area (Å²) in [6.45, 7) is 1.34. The topological polar surface area (TPSA) is 73.8 Å². The molecule has 0 bridgehead atoms. The molecule has 0 radical (unpaired) electrons. The molecule has 0 fully saturated rings.